The highest BCUT2D eigenvalue weighted by molar-refractivity contribution is 14.1. The lowest BCUT2D eigenvalue weighted by atomic mass is 10.1. The summed E-state index contributed by atoms with van der Waals surface area (Å²) in [5.74, 6) is -0.300. The maximum Gasteiger partial charge on any atom is 0.293 e. The Bertz CT molecular complexity index is 1490. The number of benzene rings is 3. The molecule has 7 nitrogen and oxygen atoms in total. The van der Waals surface area contributed by atoms with Gasteiger partial charge in [-0.05, 0) is 69.8 Å². The second-order valence-electron chi connectivity index (χ2n) is 8.05. The number of hydrogen-bond acceptors (Lipinski definition) is 5. The summed E-state index contributed by atoms with van der Waals surface area (Å²) in [7, 11) is 0. The molecule has 0 atom stereocenters. The molecule has 1 aliphatic heterocycles. The van der Waals surface area contributed by atoms with Crippen LogP contribution in [0.2, 0.25) is 0 Å². The van der Waals surface area contributed by atoms with E-state index in [9.17, 15) is 19.7 Å². The van der Waals surface area contributed by atoms with E-state index in [0.29, 0.717) is 11.4 Å². The van der Waals surface area contributed by atoms with Crippen LogP contribution >= 0.6 is 34.4 Å². The highest BCUT2D eigenvalue weighted by Crippen LogP contribution is 2.35. The molecule has 0 aliphatic carbocycles. The fourth-order valence-corrected chi connectivity index (χ4v) is 5.18. The number of halogens is 1. The van der Waals surface area contributed by atoms with Crippen LogP contribution in [0.15, 0.2) is 83.9 Å². The average molecular weight is 595 g/mol. The van der Waals surface area contributed by atoms with Crippen LogP contribution in [0, 0.1) is 13.7 Å². The van der Waals surface area contributed by atoms with Crippen molar-refractivity contribution in [2.75, 3.05) is 0 Å². The molecule has 35 heavy (non-hydrogen) atoms. The Balaban J connectivity index is 1.43. The third-order valence-corrected chi connectivity index (χ3v) is 7.36. The number of amides is 2. The third kappa shape index (κ3) is 4.87. The molecule has 5 rings (SSSR count). The van der Waals surface area contributed by atoms with Gasteiger partial charge < -0.3 is 4.57 Å². The van der Waals surface area contributed by atoms with Gasteiger partial charge in [0, 0.05) is 44.9 Å². The van der Waals surface area contributed by atoms with Gasteiger partial charge in [-0.1, -0.05) is 42.5 Å². The van der Waals surface area contributed by atoms with Crippen molar-refractivity contribution >= 4 is 68.2 Å². The molecule has 0 unspecified atom stereocenters. The summed E-state index contributed by atoms with van der Waals surface area (Å²) in [5, 5.41) is 11.6. The summed E-state index contributed by atoms with van der Waals surface area (Å²) in [5.41, 5.74) is 3.67. The molecule has 174 valence electrons. The summed E-state index contributed by atoms with van der Waals surface area (Å²) in [4.78, 5) is 37.9. The van der Waals surface area contributed by atoms with Crippen molar-refractivity contribution in [1.29, 1.82) is 0 Å². The number of aromatic nitrogens is 1. The standard InChI is InChI=1S/C26H18IN3O4S/c27-20-9-5-18(6-10-20)15-29-25(31)24(35-26(29)32)13-19-16-28(23-4-2-1-3-22(19)23)14-17-7-11-21(12-8-17)30(33)34/h1-13,16H,14-15H2/b24-13-. The van der Waals surface area contributed by atoms with Gasteiger partial charge in [0.05, 0.1) is 16.4 Å². The van der Waals surface area contributed by atoms with Gasteiger partial charge in [0.2, 0.25) is 0 Å². The second kappa shape index (κ2) is 9.67. The van der Waals surface area contributed by atoms with Crippen LogP contribution in [-0.4, -0.2) is 25.5 Å². The molecule has 1 aromatic heterocycles. The van der Waals surface area contributed by atoms with E-state index in [4.69, 9.17) is 0 Å². The second-order valence-corrected chi connectivity index (χ2v) is 10.3. The van der Waals surface area contributed by atoms with Gasteiger partial charge in [0.15, 0.2) is 0 Å². The number of hydrogen-bond donors (Lipinski definition) is 0. The van der Waals surface area contributed by atoms with Crippen molar-refractivity contribution in [2.45, 2.75) is 13.1 Å². The van der Waals surface area contributed by atoms with E-state index >= 15 is 0 Å². The first-order valence-corrected chi connectivity index (χ1v) is 12.6. The SMILES string of the molecule is O=C1S/C(=C\c2cn(Cc3ccc([N+](=O)[O-])cc3)c3ccccc23)C(=O)N1Cc1ccc(I)cc1. The van der Waals surface area contributed by atoms with E-state index in [-0.39, 0.29) is 23.4 Å². The minimum absolute atomic E-state index is 0.0489. The lowest BCUT2D eigenvalue weighted by Crippen LogP contribution is -2.27. The number of thioether (sulfide) groups is 1. The lowest BCUT2D eigenvalue weighted by Gasteiger charge is -2.12. The van der Waals surface area contributed by atoms with Gasteiger partial charge in [0.25, 0.3) is 16.8 Å². The Morgan fingerprint density at radius 1 is 0.914 bits per heavy atom. The number of nitrogens with zero attached hydrogens (tertiary/aromatic N) is 3. The maximum atomic E-state index is 13.1. The van der Waals surface area contributed by atoms with Crippen molar-refractivity contribution in [1.82, 2.24) is 9.47 Å². The summed E-state index contributed by atoms with van der Waals surface area (Å²) in [6, 6.07) is 22.0. The number of carbonyl (C=O) groups is 2. The number of non-ortho nitro benzene ring substituents is 1. The van der Waals surface area contributed by atoms with Crippen molar-refractivity contribution in [3.05, 3.63) is 114 Å². The van der Waals surface area contributed by atoms with E-state index in [1.54, 1.807) is 18.2 Å². The smallest absolute Gasteiger partial charge is 0.293 e. The Morgan fingerprint density at radius 3 is 2.29 bits per heavy atom. The highest BCUT2D eigenvalue weighted by atomic mass is 127. The largest absolute Gasteiger partial charge is 0.342 e. The minimum atomic E-state index is -0.418. The molecule has 0 bridgehead atoms. The summed E-state index contributed by atoms with van der Waals surface area (Å²) >= 11 is 3.16. The predicted molar refractivity (Wildman–Crippen MR) is 145 cm³/mol. The van der Waals surface area contributed by atoms with E-state index in [1.165, 1.54) is 17.0 Å². The molecule has 9 heteroatoms. The number of carbonyl (C=O) groups excluding carboxylic acids is 2. The van der Waals surface area contributed by atoms with Crippen molar-refractivity contribution in [3.63, 3.8) is 0 Å². The first-order chi connectivity index (χ1) is 16.9. The highest BCUT2D eigenvalue weighted by Gasteiger charge is 2.35. The summed E-state index contributed by atoms with van der Waals surface area (Å²) in [6.07, 6.45) is 3.71. The zero-order valence-corrected chi connectivity index (χ0v) is 21.2. The average Bonchev–Trinajstić information content (AvgIpc) is 3.32. The molecule has 0 N–H and O–H groups in total. The van der Waals surface area contributed by atoms with E-state index < -0.39 is 4.92 Å². The van der Waals surface area contributed by atoms with Crippen molar-refractivity contribution < 1.29 is 14.5 Å². The molecule has 2 amide bonds. The number of imide groups is 1. The zero-order valence-electron chi connectivity index (χ0n) is 18.3. The number of rotatable bonds is 6. The van der Waals surface area contributed by atoms with Gasteiger partial charge in [-0.3, -0.25) is 24.6 Å². The number of para-hydroxylation sites is 1. The van der Waals surface area contributed by atoms with E-state index in [1.807, 2.05) is 59.3 Å². The molecule has 4 aromatic rings. The molecule has 1 saturated heterocycles. The summed E-state index contributed by atoms with van der Waals surface area (Å²) < 4.78 is 3.13. The first-order valence-electron chi connectivity index (χ1n) is 10.7. The van der Waals surface area contributed by atoms with Gasteiger partial charge >= 0.3 is 0 Å². The topological polar surface area (TPSA) is 85.5 Å². The maximum absolute atomic E-state index is 13.1. The molecule has 3 aromatic carbocycles. The van der Waals surface area contributed by atoms with Crippen molar-refractivity contribution in [3.8, 4) is 0 Å². The predicted octanol–water partition coefficient (Wildman–Crippen LogP) is 6.44. The Labute approximate surface area is 218 Å². The Kier molecular flexibility index (Phi) is 6.44. The van der Waals surface area contributed by atoms with Crippen LogP contribution in [0.5, 0.6) is 0 Å². The number of nitro benzene ring substituents is 1. The van der Waals surface area contributed by atoms with Crippen LogP contribution in [0.3, 0.4) is 0 Å². The molecular weight excluding hydrogens is 577 g/mol. The van der Waals surface area contributed by atoms with Crippen LogP contribution < -0.4 is 0 Å². The Hall–Kier alpha value is -3.44. The molecular formula is C26H18IN3O4S. The van der Waals surface area contributed by atoms with Gasteiger partial charge in [0.1, 0.15) is 0 Å². The third-order valence-electron chi connectivity index (χ3n) is 5.73. The zero-order chi connectivity index (χ0) is 24.5. The fourth-order valence-electron chi connectivity index (χ4n) is 3.99. The Morgan fingerprint density at radius 2 is 1.57 bits per heavy atom. The molecule has 2 heterocycles. The quantitative estimate of drug-likeness (QED) is 0.111. The van der Waals surface area contributed by atoms with Gasteiger partial charge in [-0.25, -0.2) is 0 Å². The fraction of sp³-hybridized carbons (Fsp3) is 0.0769. The summed E-state index contributed by atoms with van der Waals surface area (Å²) in [6.45, 7) is 0.751. The van der Waals surface area contributed by atoms with Crippen LogP contribution in [0.25, 0.3) is 17.0 Å². The molecule has 0 spiro atoms. The molecule has 0 radical (unpaired) electrons. The molecule has 1 aliphatic rings. The number of nitro groups is 1. The number of fused-ring (bicyclic) bond motifs is 1. The van der Waals surface area contributed by atoms with Crippen LogP contribution in [0.1, 0.15) is 16.7 Å². The van der Waals surface area contributed by atoms with Gasteiger partial charge in [-0.15, -0.1) is 0 Å². The normalized spacial score (nSPS) is 14.9. The van der Waals surface area contributed by atoms with E-state index in [2.05, 4.69) is 22.6 Å². The minimum Gasteiger partial charge on any atom is -0.342 e. The van der Waals surface area contributed by atoms with Gasteiger partial charge in [-0.2, -0.15) is 0 Å². The molecule has 1 fully saturated rings. The van der Waals surface area contributed by atoms with Crippen molar-refractivity contribution in [2.24, 2.45) is 0 Å². The first kappa shape index (κ1) is 23.3. The lowest BCUT2D eigenvalue weighted by molar-refractivity contribution is -0.384. The van der Waals surface area contributed by atoms with Crippen LogP contribution in [0.4, 0.5) is 10.5 Å². The molecule has 0 saturated carbocycles. The van der Waals surface area contributed by atoms with E-state index in [0.717, 1.165) is 42.9 Å². The monoisotopic (exact) mass is 595 g/mol. The van der Waals surface area contributed by atoms with Crippen LogP contribution in [-0.2, 0) is 17.9 Å².